The lowest BCUT2D eigenvalue weighted by Crippen LogP contribution is -2.46. The number of rotatable bonds is 7. The molecule has 2 heterocycles. The van der Waals surface area contributed by atoms with Gasteiger partial charge in [0.05, 0.1) is 12.1 Å². The number of nitrogens with one attached hydrogen (secondary N) is 2. The number of carbonyl (C=O) groups is 1. The summed E-state index contributed by atoms with van der Waals surface area (Å²) < 4.78 is 1.85. The van der Waals surface area contributed by atoms with Gasteiger partial charge in [0.15, 0.2) is 0 Å². The fourth-order valence-corrected chi connectivity index (χ4v) is 3.61. The fourth-order valence-electron chi connectivity index (χ4n) is 3.61. The molecule has 2 N–H and O–H groups in total. The van der Waals surface area contributed by atoms with Crippen molar-refractivity contribution in [2.24, 2.45) is 0 Å². The zero-order valence-corrected chi connectivity index (χ0v) is 16.6. The van der Waals surface area contributed by atoms with Crippen LogP contribution in [-0.4, -0.2) is 59.9 Å². The van der Waals surface area contributed by atoms with Crippen LogP contribution < -0.4 is 10.6 Å². The molecule has 150 valence electrons. The molecule has 1 saturated heterocycles. The Kier molecular flexibility index (Phi) is 6.34. The molecule has 2 aromatic carbocycles. The second-order valence-corrected chi connectivity index (χ2v) is 7.29. The van der Waals surface area contributed by atoms with Gasteiger partial charge in [0.2, 0.25) is 0 Å². The maximum atomic E-state index is 13.0. The molecule has 1 aliphatic rings. The predicted molar refractivity (Wildman–Crippen MR) is 115 cm³/mol. The Bertz CT molecular complexity index is 917. The second kappa shape index (κ2) is 9.49. The van der Waals surface area contributed by atoms with Gasteiger partial charge in [0.1, 0.15) is 5.69 Å². The number of hydrogen-bond donors (Lipinski definition) is 2. The fraction of sp³-hybridized carbons (Fsp3) is 0.304. The Balaban J connectivity index is 1.49. The smallest absolute Gasteiger partial charge is 0.255 e. The molecule has 1 aromatic heterocycles. The third kappa shape index (κ3) is 5.10. The van der Waals surface area contributed by atoms with E-state index in [0.29, 0.717) is 18.7 Å². The van der Waals surface area contributed by atoms with Gasteiger partial charge in [-0.3, -0.25) is 14.4 Å². The van der Waals surface area contributed by atoms with Crippen LogP contribution in [0.3, 0.4) is 0 Å². The molecule has 1 fully saturated rings. The second-order valence-electron chi connectivity index (χ2n) is 7.29. The van der Waals surface area contributed by atoms with Gasteiger partial charge in [-0.15, -0.1) is 0 Å². The van der Waals surface area contributed by atoms with Crippen molar-refractivity contribution in [2.45, 2.75) is 6.54 Å². The molecule has 4 rings (SSSR count). The van der Waals surface area contributed by atoms with Crippen molar-refractivity contribution in [3.63, 3.8) is 0 Å². The largest absolute Gasteiger partial charge is 0.351 e. The number of hydrogen-bond acceptors (Lipinski definition) is 4. The van der Waals surface area contributed by atoms with Gasteiger partial charge in [-0.1, -0.05) is 60.7 Å². The average Bonchev–Trinajstić information content (AvgIpc) is 3.20. The molecule has 0 bridgehead atoms. The maximum absolute atomic E-state index is 13.0. The molecule has 0 aliphatic carbocycles. The summed E-state index contributed by atoms with van der Waals surface area (Å²) in [5.74, 6) is -0.0710. The van der Waals surface area contributed by atoms with Crippen LogP contribution in [-0.2, 0) is 6.54 Å². The van der Waals surface area contributed by atoms with E-state index < -0.39 is 0 Å². The lowest BCUT2D eigenvalue weighted by atomic mass is 10.1. The summed E-state index contributed by atoms with van der Waals surface area (Å²) in [5.41, 5.74) is 3.44. The number of piperazine rings is 1. The minimum absolute atomic E-state index is 0.0710. The molecule has 0 atom stereocenters. The van der Waals surface area contributed by atoms with Crippen molar-refractivity contribution in [1.29, 1.82) is 0 Å². The van der Waals surface area contributed by atoms with Crippen molar-refractivity contribution in [3.05, 3.63) is 78.0 Å². The third-order valence-electron chi connectivity index (χ3n) is 5.16. The quantitative estimate of drug-likeness (QED) is 0.651. The first-order valence-corrected chi connectivity index (χ1v) is 10.2. The van der Waals surface area contributed by atoms with E-state index in [2.05, 4.69) is 27.7 Å². The molecule has 0 radical (unpaired) electrons. The first-order chi connectivity index (χ1) is 14.3. The topological polar surface area (TPSA) is 62.2 Å². The lowest BCUT2D eigenvalue weighted by Gasteiger charge is -2.27. The van der Waals surface area contributed by atoms with E-state index in [1.807, 2.05) is 59.4 Å². The summed E-state index contributed by atoms with van der Waals surface area (Å²) in [6, 6.07) is 20.1. The van der Waals surface area contributed by atoms with Crippen molar-refractivity contribution in [2.75, 3.05) is 39.3 Å². The highest BCUT2D eigenvalue weighted by Crippen LogP contribution is 2.22. The highest BCUT2D eigenvalue weighted by molar-refractivity contribution is 5.99. The van der Waals surface area contributed by atoms with E-state index in [9.17, 15) is 4.79 Å². The lowest BCUT2D eigenvalue weighted by molar-refractivity contribution is 0.0948. The molecule has 29 heavy (non-hydrogen) atoms. The van der Waals surface area contributed by atoms with Gasteiger partial charge in [0.25, 0.3) is 5.91 Å². The number of amides is 1. The van der Waals surface area contributed by atoms with Crippen LogP contribution in [0.5, 0.6) is 0 Å². The molecule has 6 nitrogen and oxygen atoms in total. The van der Waals surface area contributed by atoms with Crippen molar-refractivity contribution < 1.29 is 4.79 Å². The highest BCUT2D eigenvalue weighted by Gasteiger charge is 2.18. The van der Waals surface area contributed by atoms with Crippen LogP contribution in [0.2, 0.25) is 0 Å². The maximum Gasteiger partial charge on any atom is 0.255 e. The Labute approximate surface area is 171 Å². The van der Waals surface area contributed by atoms with Crippen LogP contribution in [0, 0.1) is 0 Å². The Hall–Kier alpha value is -2.96. The van der Waals surface area contributed by atoms with E-state index >= 15 is 0 Å². The summed E-state index contributed by atoms with van der Waals surface area (Å²) in [5, 5.41) is 11.2. The average molecular weight is 390 g/mol. The summed E-state index contributed by atoms with van der Waals surface area (Å²) >= 11 is 0. The number of benzene rings is 2. The van der Waals surface area contributed by atoms with Gasteiger partial charge in [-0.25, -0.2) is 0 Å². The summed E-state index contributed by atoms with van der Waals surface area (Å²) in [4.78, 5) is 15.3. The number of aromatic nitrogens is 2. The summed E-state index contributed by atoms with van der Waals surface area (Å²) in [6.07, 6.45) is 1.86. The van der Waals surface area contributed by atoms with Gasteiger partial charge < -0.3 is 10.6 Å². The predicted octanol–water partition coefficient (Wildman–Crippen LogP) is 2.23. The van der Waals surface area contributed by atoms with Gasteiger partial charge in [-0.05, 0) is 5.56 Å². The first-order valence-electron chi connectivity index (χ1n) is 10.2. The molecule has 1 aliphatic heterocycles. The van der Waals surface area contributed by atoms with Crippen LogP contribution in [0.1, 0.15) is 15.9 Å². The highest BCUT2D eigenvalue weighted by atomic mass is 16.1. The zero-order chi connectivity index (χ0) is 19.9. The summed E-state index contributed by atoms with van der Waals surface area (Å²) in [6.45, 7) is 6.22. The third-order valence-corrected chi connectivity index (χ3v) is 5.16. The van der Waals surface area contributed by atoms with Crippen LogP contribution in [0.25, 0.3) is 11.3 Å². The first kappa shape index (κ1) is 19.4. The summed E-state index contributed by atoms with van der Waals surface area (Å²) in [7, 11) is 0. The van der Waals surface area contributed by atoms with Gasteiger partial charge >= 0.3 is 0 Å². The van der Waals surface area contributed by atoms with Crippen molar-refractivity contribution in [1.82, 2.24) is 25.3 Å². The monoisotopic (exact) mass is 389 g/mol. The van der Waals surface area contributed by atoms with E-state index in [4.69, 9.17) is 5.10 Å². The van der Waals surface area contributed by atoms with E-state index in [0.717, 1.165) is 49.5 Å². The minimum Gasteiger partial charge on any atom is -0.351 e. The standard InChI is InChI=1S/C23H27N5O/c29-23(25-13-16-27-14-11-24-12-15-27)21-18-28(17-19-7-3-1-4-8-19)26-22(21)20-9-5-2-6-10-20/h1-10,18,24H,11-17H2,(H,25,29). The molecule has 3 aromatic rings. The normalized spacial score (nSPS) is 14.6. The molecular weight excluding hydrogens is 362 g/mol. The molecule has 0 unspecified atom stereocenters. The number of carbonyl (C=O) groups excluding carboxylic acids is 1. The Morgan fingerprint density at radius 3 is 2.41 bits per heavy atom. The molecular formula is C23H27N5O. The molecule has 1 amide bonds. The van der Waals surface area contributed by atoms with E-state index in [1.54, 1.807) is 0 Å². The minimum atomic E-state index is -0.0710. The Morgan fingerprint density at radius 1 is 1.00 bits per heavy atom. The van der Waals surface area contributed by atoms with Crippen molar-refractivity contribution >= 4 is 5.91 Å². The van der Waals surface area contributed by atoms with E-state index in [1.165, 1.54) is 0 Å². The van der Waals surface area contributed by atoms with E-state index in [-0.39, 0.29) is 5.91 Å². The molecule has 0 spiro atoms. The Morgan fingerprint density at radius 2 is 1.69 bits per heavy atom. The van der Waals surface area contributed by atoms with Gasteiger partial charge in [-0.2, -0.15) is 5.10 Å². The molecule has 6 heteroatoms. The van der Waals surface area contributed by atoms with Crippen LogP contribution in [0.4, 0.5) is 0 Å². The SMILES string of the molecule is O=C(NCCN1CCNCC1)c1cn(Cc2ccccc2)nc1-c1ccccc1. The van der Waals surface area contributed by atoms with Crippen LogP contribution in [0.15, 0.2) is 66.9 Å². The van der Waals surface area contributed by atoms with Gasteiger partial charge in [0, 0.05) is 51.0 Å². The van der Waals surface area contributed by atoms with Crippen molar-refractivity contribution in [3.8, 4) is 11.3 Å². The van der Waals surface area contributed by atoms with Crippen LogP contribution >= 0.6 is 0 Å². The number of nitrogens with zero attached hydrogens (tertiary/aromatic N) is 3. The molecule has 0 saturated carbocycles. The zero-order valence-electron chi connectivity index (χ0n) is 16.6.